The Morgan fingerprint density at radius 2 is 1.77 bits per heavy atom. The number of carbonyl (C=O) groups is 2. The van der Waals surface area contributed by atoms with E-state index in [0.29, 0.717) is 12.8 Å². The Bertz CT molecular complexity index is 808. The molecule has 6 nitrogen and oxygen atoms in total. The van der Waals surface area contributed by atoms with Crippen LogP contribution in [0.1, 0.15) is 35.5 Å². The summed E-state index contributed by atoms with van der Waals surface area (Å²) < 4.78 is 12.7. The van der Waals surface area contributed by atoms with Gasteiger partial charge >= 0.3 is 11.9 Å². The summed E-state index contributed by atoms with van der Waals surface area (Å²) in [5.74, 6) is -1.28. The topological polar surface area (TPSA) is 77.8 Å². The fraction of sp³-hybridized carbons (Fsp3) is 0.263. The maximum Gasteiger partial charge on any atom is 0.343 e. The maximum absolute atomic E-state index is 12.3. The molecule has 7 heteroatoms. The SMILES string of the molecule is CCOC(=O)C(=CO)c1c(C(=O)OCC)ccn1Cc1ccc(Br)cc1. The number of aliphatic hydroxyl groups is 1. The van der Waals surface area contributed by atoms with Gasteiger partial charge in [0.15, 0.2) is 0 Å². The van der Waals surface area contributed by atoms with E-state index in [1.807, 2.05) is 24.3 Å². The number of hydrogen-bond donors (Lipinski definition) is 1. The van der Waals surface area contributed by atoms with Gasteiger partial charge in [-0.15, -0.1) is 0 Å². The molecule has 0 bridgehead atoms. The maximum atomic E-state index is 12.3. The Labute approximate surface area is 160 Å². The minimum absolute atomic E-state index is 0.1000. The molecule has 1 N–H and O–H groups in total. The van der Waals surface area contributed by atoms with E-state index in [1.54, 1.807) is 30.7 Å². The molecule has 1 aromatic carbocycles. The van der Waals surface area contributed by atoms with Crippen molar-refractivity contribution in [3.8, 4) is 0 Å². The van der Waals surface area contributed by atoms with Crippen LogP contribution in [0.25, 0.3) is 5.57 Å². The first-order valence-corrected chi connectivity index (χ1v) is 8.93. The number of aromatic nitrogens is 1. The molecule has 1 heterocycles. The highest BCUT2D eigenvalue weighted by Gasteiger charge is 2.25. The van der Waals surface area contributed by atoms with Crippen molar-refractivity contribution in [3.63, 3.8) is 0 Å². The number of halogens is 1. The predicted octanol–water partition coefficient (Wildman–Crippen LogP) is 3.94. The Morgan fingerprint density at radius 3 is 2.35 bits per heavy atom. The zero-order chi connectivity index (χ0) is 19.1. The molecule has 0 saturated heterocycles. The molecule has 0 spiro atoms. The van der Waals surface area contributed by atoms with Crippen molar-refractivity contribution in [1.29, 1.82) is 0 Å². The molecule has 0 aliphatic heterocycles. The number of nitrogens with zero attached hydrogens (tertiary/aromatic N) is 1. The number of hydrogen-bond acceptors (Lipinski definition) is 5. The zero-order valence-corrected chi connectivity index (χ0v) is 16.2. The van der Waals surface area contributed by atoms with Crippen LogP contribution in [-0.2, 0) is 20.8 Å². The second-order valence-electron chi connectivity index (χ2n) is 5.32. The van der Waals surface area contributed by atoms with E-state index >= 15 is 0 Å². The largest absolute Gasteiger partial charge is 0.515 e. The van der Waals surface area contributed by atoms with Crippen molar-refractivity contribution in [2.45, 2.75) is 20.4 Å². The highest BCUT2D eigenvalue weighted by atomic mass is 79.9. The third-order valence-electron chi connectivity index (χ3n) is 3.60. The van der Waals surface area contributed by atoms with E-state index in [0.717, 1.165) is 10.0 Å². The average molecular weight is 422 g/mol. The molecule has 0 unspecified atom stereocenters. The van der Waals surface area contributed by atoms with Crippen molar-refractivity contribution in [1.82, 2.24) is 4.57 Å². The highest BCUT2D eigenvalue weighted by molar-refractivity contribution is 9.10. The Morgan fingerprint density at radius 1 is 1.12 bits per heavy atom. The lowest BCUT2D eigenvalue weighted by atomic mass is 10.1. The normalized spacial score (nSPS) is 11.3. The number of ether oxygens (including phenoxy) is 2. The van der Waals surface area contributed by atoms with Crippen molar-refractivity contribution in [2.24, 2.45) is 0 Å². The Kier molecular flexibility index (Phi) is 7.03. The molecule has 2 aromatic rings. The summed E-state index contributed by atoms with van der Waals surface area (Å²) in [4.78, 5) is 24.5. The molecule has 138 valence electrons. The van der Waals surface area contributed by atoms with Crippen LogP contribution in [0.15, 0.2) is 47.3 Å². The van der Waals surface area contributed by atoms with Crippen LogP contribution in [-0.4, -0.2) is 34.8 Å². The van der Waals surface area contributed by atoms with Gasteiger partial charge in [0.2, 0.25) is 0 Å². The molecule has 0 saturated carbocycles. The molecule has 1 aromatic heterocycles. The summed E-state index contributed by atoms with van der Waals surface area (Å²) in [6, 6.07) is 9.21. The molecule has 2 rings (SSSR count). The van der Waals surface area contributed by atoms with Gasteiger partial charge in [-0.25, -0.2) is 9.59 Å². The molecular weight excluding hydrogens is 402 g/mol. The van der Waals surface area contributed by atoms with Gasteiger partial charge in [-0.3, -0.25) is 0 Å². The van der Waals surface area contributed by atoms with E-state index < -0.39 is 11.9 Å². The van der Waals surface area contributed by atoms with Crippen LogP contribution in [0, 0.1) is 0 Å². The van der Waals surface area contributed by atoms with Gasteiger partial charge in [0, 0.05) is 17.2 Å². The van der Waals surface area contributed by atoms with Gasteiger partial charge in [-0.1, -0.05) is 28.1 Å². The van der Waals surface area contributed by atoms with Gasteiger partial charge in [0.05, 0.1) is 30.7 Å². The van der Waals surface area contributed by atoms with E-state index in [-0.39, 0.29) is 30.0 Å². The molecule has 0 radical (unpaired) electrons. The first-order chi connectivity index (χ1) is 12.5. The third kappa shape index (κ3) is 4.54. The fourth-order valence-corrected chi connectivity index (χ4v) is 2.75. The van der Waals surface area contributed by atoms with Gasteiger partial charge in [0.1, 0.15) is 5.57 Å². The monoisotopic (exact) mass is 421 g/mol. The summed E-state index contributed by atoms with van der Waals surface area (Å²) in [6.07, 6.45) is 2.33. The van der Waals surface area contributed by atoms with Crippen LogP contribution >= 0.6 is 15.9 Å². The number of rotatable bonds is 7. The number of esters is 2. The minimum atomic E-state index is -0.712. The molecular formula is C19H20BrNO5. The van der Waals surface area contributed by atoms with Crippen molar-refractivity contribution in [3.05, 3.63) is 64.1 Å². The van der Waals surface area contributed by atoms with Crippen LogP contribution < -0.4 is 0 Å². The quantitative estimate of drug-likeness (QED) is 0.416. The standard InChI is InChI=1S/C19H20BrNO5/c1-3-25-18(23)15-9-10-21(11-13-5-7-14(20)8-6-13)17(15)16(12-22)19(24)26-4-2/h5-10,12,22H,3-4,11H2,1-2H3. The lowest BCUT2D eigenvalue weighted by Crippen LogP contribution is -2.16. The lowest BCUT2D eigenvalue weighted by molar-refractivity contribution is -0.136. The summed E-state index contributed by atoms with van der Waals surface area (Å²) in [7, 11) is 0. The summed E-state index contributed by atoms with van der Waals surface area (Å²) in [5.41, 5.74) is 1.31. The highest BCUT2D eigenvalue weighted by Crippen LogP contribution is 2.24. The van der Waals surface area contributed by atoms with Crippen LogP contribution in [0.5, 0.6) is 0 Å². The van der Waals surface area contributed by atoms with Crippen molar-refractivity contribution < 1.29 is 24.2 Å². The second-order valence-corrected chi connectivity index (χ2v) is 6.23. The molecule has 0 atom stereocenters. The van der Waals surface area contributed by atoms with Gasteiger partial charge in [0.25, 0.3) is 0 Å². The molecule has 0 amide bonds. The molecule has 0 aliphatic rings. The van der Waals surface area contributed by atoms with Gasteiger partial charge < -0.3 is 19.1 Å². The van der Waals surface area contributed by atoms with Gasteiger partial charge in [-0.05, 0) is 37.6 Å². The fourth-order valence-electron chi connectivity index (χ4n) is 2.48. The Hall–Kier alpha value is -2.54. The molecule has 0 fully saturated rings. The smallest absolute Gasteiger partial charge is 0.343 e. The van der Waals surface area contributed by atoms with Crippen LogP contribution in [0.4, 0.5) is 0 Å². The first kappa shape index (κ1) is 19.8. The lowest BCUT2D eigenvalue weighted by Gasteiger charge is -2.13. The summed E-state index contributed by atoms with van der Waals surface area (Å²) in [5, 5.41) is 9.62. The number of carbonyl (C=O) groups excluding carboxylic acids is 2. The summed E-state index contributed by atoms with van der Waals surface area (Å²) >= 11 is 3.39. The predicted molar refractivity (Wildman–Crippen MR) is 101 cm³/mol. The van der Waals surface area contributed by atoms with Crippen LogP contribution in [0.2, 0.25) is 0 Å². The average Bonchev–Trinajstić information content (AvgIpc) is 3.02. The second kappa shape index (κ2) is 9.24. The van der Waals surface area contributed by atoms with E-state index in [9.17, 15) is 14.7 Å². The third-order valence-corrected chi connectivity index (χ3v) is 4.13. The number of benzene rings is 1. The van der Waals surface area contributed by atoms with Crippen molar-refractivity contribution >= 4 is 33.4 Å². The molecule has 0 aliphatic carbocycles. The molecule has 26 heavy (non-hydrogen) atoms. The van der Waals surface area contributed by atoms with Crippen molar-refractivity contribution in [2.75, 3.05) is 13.2 Å². The van der Waals surface area contributed by atoms with Gasteiger partial charge in [-0.2, -0.15) is 0 Å². The van der Waals surface area contributed by atoms with Crippen LogP contribution in [0.3, 0.4) is 0 Å². The van der Waals surface area contributed by atoms with E-state index in [2.05, 4.69) is 15.9 Å². The summed E-state index contributed by atoms with van der Waals surface area (Å²) in [6.45, 7) is 4.12. The zero-order valence-electron chi connectivity index (χ0n) is 14.6. The minimum Gasteiger partial charge on any atom is -0.515 e. The van der Waals surface area contributed by atoms with E-state index in [4.69, 9.17) is 9.47 Å². The van der Waals surface area contributed by atoms with E-state index in [1.165, 1.54) is 0 Å². The number of aliphatic hydroxyl groups excluding tert-OH is 1. The first-order valence-electron chi connectivity index (χ1n) is 8.14. The Balaban J connectivity index is 2.49.